The SMILES string of the molecule is O=C(Cc1ccc(O)cc1)Nc1cccc(NC(=O)c2ccncc2)c1. The number of anilines is 2. The van der Waals surface area contributed by atoms with Gasteiger partial charge in [-0.15, -0.1) is 0 Å². The van der Waals surface area contributed by atoms with Crippen molar-refractivity contribution in [1.82, 2.24) is 4.98 Å². The normalized spacial score (nSPS) is 10.2. The standard InChI is InChI=1S/C20H17N3O3/c24-18-6-4-14(5-7-18)12-19(25)22-16-2-1-3-17(13-16)23-20(26)15-8-10-21-11-9-15/h1-11,13,24H,12H2,(H,22,25)(H,23,26). The van der Waals surface area contributed by atoms with Crippen LogP contribution in [-0.2, 0) is 11.2 Å². The summed E-state index contributed by atoms with van der Waals surface area (Å²) in [6, 6.07) is 16.6. The van der Waals surface area contributed by atoms with Crippen LogP contribution in [0, 0.1) is 0 Å². The van der Waals surface area contributed by atoms with Crippen LogP contribution in [0.5, 0.6) is 5.75 Å². The minimum atomic E-state index is -0.250. The van der Waals surface area contributed by atoms with Crippen molar-refractivity contribution >= 4 is 23.2 Å². The first-order valence-electron chi connectivity index (χ1n) is 7.99. The summed E-state index contributed by atoms with van der Waals surface area (Å²) >= 11 is 0. The van der Waals surface area contributed by atoms with Crippen LogP contribution in [0.4, 0.5) is 11.4 Å². The summed E-state index contributed by atoms with van der Waals surface area (Å²) in [5.41, 5.74) is 2.46. The maximum atomic E-state index is 12.2. The van der Waals surface area contributed by atoms with Gasteiger partial charge in [-0.25, -0.2) is 0 Å². The number of amides is 2. The van der Waals surface area contributed by atoms with Crippen LogP contribution in [0.25, 0.3) is 0 Å². The van der Waals surface area contributed by atoms with Crippen LogP contribution in [0.3, 0.4) is 0 Å². The lowest BCUT2D eigenvalue weighted by Gasteiger charge is -2.09. The molecule has 1 heterocycles. The van der Waals surface area contributed by atoms with Crippen LogP contribution < -0.4 is 10.6 Å². The van der Waals surface area contributed by atoms with E-state index < -0.39 is 0 Å². The van der Waals surface area contributed by atoms with Gasteiger partial charge in [0.05, 0.1) is 6.42 Å². The van der Waals surface area contributed by atoms with Crippen molar-refractivity contribution in [1.29, 1.82) is 0 Å². The number of phenols is 1. The highest BCUT2D eigenvalue weighted by Crippen LogP contribution is 2.17. The van der Waals surface area contributed by atoms with E-state index >= 15 is 0 Å². The van der Waals surface area contributed by atoms with Gasteiger partial charge in [-0.3, -0.25) is 14.6 Å². The Kier molecular flexibility index (Phi) is 5.24. The maximum Gasteiger partial charge on any atom is 0.255 e. The Labute approximate surface area is 150 Å². The van der Waals surface area contributed by atoms with Gasteiger partial charge in [-0.1, -0.05) is 18.2 Å². The molecule has 2 amide bonds. The Hall–Kier alpha value is -3.67. The molecule has 0 saturated heterocycles. The Morgan fingerprint density at radius 2 is 1.54 bits per heavy atom. The Balaban J connectivity index is 1.62. The number of aromatic hydroxyl groups is 1. The average Bonchev–Trinajstić information content (AvgIpc) is 2.64. The highest BCUT2D eigenvalue weighted by atomic mass is 16.3. The monoisotopic (exact) mass is 347 g/mol. The summed E-state index contributed by atoms with van der Waals surface area (Å²) in [4.78, 5) is 28.2. The molecule has 2 aromatic carbocycles. The van der Waals surface area contributed by atoms with Crippen molar-refractivity contribution < 1.29 is 14.7 Å². The van der Waals surface area contributed by atoms with Crippen molar-refractivity contribution in [2.24, 2.45) is 0 Å². The fourth-order valence-electron chi connectivity index (χ4n) is 2.39. The third-order valence-corrected chi connectivity index (χ3v) is 3.65. The van der Waals surface area contributed by atoms with Gasteiger partial charge in [-0.05, 0) is 48.0 Å². The van der Waals surface area contributed by atoms with E-state index in [4.69, 9.17) is 0 Å². The molecule has 26 heavy (non-hydrogen) atoms. The fraction of sp³-hybridized carbons (Fsp3) is 0.0500. The molecule has 1 aromatic heterocycles. The number of nitrogens with one attached hydrogen (secondary N) is 2. The number of hydrogen-bond donors (Lipinski definition) is 3. The van der Waals surface area contributed by atoms with Gasteiger partial charge in [0, 0.05) is 29.3 Å². The second-order valence-electron chi connectivity index (χ2n) is 5.66. The number of pyridine rings is 1. The van der Waals surface area contributed by atoms with E-state index in [-0.39, 0.29) is 24.0 Å². The third kappa shape index (κ3) is 4.67. The van der Waals surface area contributed by atoms with Gasteiger partial charge in [0.15, 0.2) is 0 Å². The van der Waals surface area contributed by atoms with Gasteiger partial charge in [0.2, 0.25) is 5.91 Å². The molecule has 0 fully saturated rings. The highest BCUT2D eigenvalue weighted by Gasteiger charge is 2.08. The molecule has 130 valence electrons. The van der Waals surface area contributed by atoms with E-state index in [1.165, 1.54) is 12.1 Å². The van der Waals surface area contributed by atoms with Crippen LogP contribution in [-0.4, -0.2) is 21.9 Å². The Bertz CT molecular complexity index is 909. The van der Waals surface area contributed by atoms with E-state index in [1.807, 2.05) is 0 Å². The molecule has 6 nitrogen and oxygen atoms in total. The number of nitrogens with zero attached hydrogens (tertiary/aromatic N) is 1. The summed E-state index contributed by atoms with van der Waals surface area (Å²) in [7, 11) is 0. The first-order valence-corrected chi connectivity index (χ1v) is 7.99. The second kappa shape index (κ2) is 7.94. The molecule has 0 spiro atoms. The summed E-state index contributed by atoms with van der Waals surface area (Å²) in [6.07, 6.45) is 3.29. The Morgan fingerprint density at radius 3 is 2.23 bits per heavy atom. The second-order valence-corrected chi connectivity index (χ2v) is 5.66. The number of phenolic OH excluding ortho intramolecular Hbond substituents is 1. The number of rotatable bonds is 5. The van der Waals surface area contributed by atoms with Crippen molar-refractivity contribution in [3.8, 4) is 5.75 Å². The number of carbonyl (C=O) groups is 2. The van der Waals surface area contributed by atoms with Gasteiger partial charge >= 0.3 is 0 Å². The lowest BCUT2D eigenvalue weighted by atomic mass is 10.1. The van der Waals surface area contributed by atoms with Crippen molar-refractivity contribution in [2.75, 3.05) is 10.6 Å². The van der Waals surface area contributed by atoms with Crippen LogP contribution in [0.2, 0.25) is 0 Å². The molecule has 0 aliphatic heterocycles. The van der Waals surface area contributed by atoms with Gasteiger partial charge in [-0.2, -0.15) is 0 Å². The van der Waals surface area contributed by atoms with E-state index in [0.717, 1.165) is 5.56 Å². The number of aromatic nitrogens is 1. The van der Waals surface area contributed by atoms with Crippen LogP contribution in [0.15, 0.2) is 73.1 Å². The molecule has 0 unspecified atom stereocenters. The molecule has 3 N–H and O–H groups in total. The molecule has 3 aromatic rings. The zero-order valence-electron chi connectivity index (χ0n) is 13.8. The van der Waals surface area contributed by atoms with E-state index in [2.05, 4.69) is 15.6 Å². The smallest absolute Gasteiger partial charge is 0.255 e. The summed E-state index contributed by atoms with van der Waals surface area (Å²) in [5.74, 6) is -0.278. The molecule has 0 aliphatic rings. The molecular formula is C20H17N3O3. The van der Waals surface area contributed by atoms with Gasteiger partial charge in [0.1, 0.15) is 5.75 Å². The lowest BCUT2D eigenvalue weighted by Crippen LogP contribution is -2.15. The number of benzene rings is 2. The first kappa shape index (κ1) is 17.2. The quantitative estimate of drug-likeness (QED) is 0.661. The first-order chi connectivity index (χ1) is 12.6. The fourth-order valence-corrected chi connectivity index (χ4v) is 2.39. The van der Waals surface area contributed by atoms with E-state index in [0.29, 0.717) is 16.9 Å². The minimum Gasteiger partial charge on any atom is -0.508 e. The predicted octanol–water partition coefficient (Wildman–Crippen LogP) is 3.22. The molecule has 0 aliphatic carbocycles. The molecule has 0 radical (unpaired) electrons. The molecule has 6 heteroatoms. The van der Waals surface area contributed by atoms with Crippen molar-refractivity contribution in [3.63, 3.8) is 0 Å². The average molecular weight is 347 g/mol. The zero-order chi connectivity index (χ0) is 18.4. The zero-order valence-corrected chi connectivity index (χ0v) is 13.8. The molecular weight excluding hydrogens is 330 g/mol. The summed E-state index contributed by atoms with van der Waals surface area (Å²) < 4.78 is 0. The minimum absolute atomic E-state index is 0.159. The van der Waals surface area contributed by atoms with E-state index in [9.17, 15) is 14.7 Å². The van der Waals surface area contributed by atoms with Gasteiger partial charge < -0.3 is 15.7 Å². The highest BCUT2D eigenvalue weighted by molar-refractivity contribution is 6.04. The van der Waals surface area contributed by atoms with Gasteiger partial charge in [0.25, 0.3) is 5.91 Å². The maximum absolute atomic E-state index is 12.2. The van der Waals surface area contributed by atoms with Crippen LogP contribution >= 0.6 is 0 Å². The predicted molar refractivity (Wildman–Crippen MR) is 99.1 cm³/mol. The molecule has 0 atom stereocenters. The Morgan fingerprint density at radius 1 is 0.885 bits per heavy atom. The molecule has 0 saturated carbocycles. The summed E-state index contributed by atoms with van der Waals surface area (Å²) in [5, 5.41) is 14.9. The lowest BCUT2D eigenvalue weighted by molar-refractivity contribution is -0.115. The number of carbonyl (C=O) groups excluding carboxylic acids is 2. The van der Waals surface area contributed by atoms with E-state index in [1.54, 1.807) is 60.9 Å². The molecule has 0 bridgehead atoms. The van der Waals surface area contributed by atoms with Crippen molar-refractivity contribution in [3.05, 3.63) is 84.2 Å². The largest absolute Gasteiger partial charge is 0.508 e. The third-order valence-electron chi connectivity index (χ3n) is 3.65. The topological polar surface area (TPSA) is 91.3 Å². The number of hydrogen-bond acceptors (Lipinski definition) is 4. The van der Waals surface area contributed by atoms with Crippen LogP contribution in [0.1, 0.15) is 15.9 Å². The summed E-state index contributed by atoms with van der Waals surface area (Å²) in [6.45, 7) is 0. The van der Waals surface area contributed by atoms with Crippen molar-refractivity contribution in [2.45, 2.75) is 6.42 Å². The molecule has 3 rings (SSSR count).